The summed E-state index contributed by atoms with van der Waals surface area (Å²) >= 11 is 0. The van der Waals surface area contributed by atoms with Gasteiger partial charge in [-0.1, -0.05) is 20.8 Å². The van der Waals surface area contributed by atoms with Crippen LogP contribution in [0, 0.1) is 17.3 Å². The van der Waals surface area contributed by atoms with Crippen LogP contribution in [0.4, 0.5) is 0 Å². The van der Waals surface area contributed by atoms with E-state index in [1.54, 1.807) is 9.80 Å². The lowest BCUT2D eigenvalue weighted by Crippen LogP contribution is -2.46. The molecule has 0 unspecified atom stereocenters. The molecule has 152 valence electrons. The van der Waals surface area contributed by atoms with E-state index in [9.17, 15) is 19.2 Å². The molecule has 2 rings (SSSR count). The fourth-order valence-corrected chi connectivity index (χ4v) is 3.55. The standard InChI is InChI=1S/C19H31N3O5/c1-19(2,3)18(26)22-10-6-14(7-11-22)17(25)27-12-15(23)21-8-4-13(5-9-21)16(20)24/h13-14H,4-12H2,1-3H3,(H2,20,24). The largest absolute Gasteiger partial charge is 0.455 e. The molecule has 2 fully saturated rings. The fourth-order valence-electron chi connectivity index (χ4n) is 3.55. The number of carbonyl (C=O) groups excluding carboxylic acids is 4. The van der Waals surface area contributed by atoms with Gasteiger partial charge in [0.2, 0.25) is 11.8 Å². The maximum absolute atomic E-state index is 12.3. The van der Waals surface area contributed by atoms with Gasteiger partial charge in [-0.2, -0.15) is 0 Å². The van der Waals surface area contributed by atoms with Crippen LogP contribution >= 0.6 is 0 Å². The Balaban J connectivity index is 1.71. The Hall–Kier alpha value is -2.12. The third-order valence-electron chi connectivity index (χ3n) is 5.35. The molecule has 0 bridgehead atoms. The van der Waals surface area contributed by atoms with Crippen molar-refractivity contribution in [2.45, 2.75) is 46.5 Å². The zero-order chi connectivity index (χ0) is 20.2. The number of amides is 3. The molecule has 0 atom stereocenters. The molecule has 8 nitrogen and oxygen atoms in total. The molecule has 2 aliphatic rings. The highest BCUT2D eigenvalue weighted by atomic mass is 16.5. The number of nitrogens with zero attached hydrogens (tertiary/aromatic N) is 2. The summed E-state index contributed by atoms with van der Waals surface area (Å²) in [5.74, 6) is -1.32. The zero-order valence-corrected chi connectivity index (χ0v) is 16.5. The Morgan fingerprint density at radius 1 is 0.889 bits per heavy atom. The molecule has 0 aromatic rings. The van der Waals surface area contributed by atoms with Crippen LogP contribution in [-0.4, -0.2) is 66.3 Å². The quantitative estimate of drug-likeness (QED) is 0.715. The average molecular weight is 381 g/mol. The number of carbonyl (C=O) groups is 4. The van der Waals surface area contributed by atoms with E-state index in [-0.39, 0.29) is 42.1 Å². The second kappa shape index (κ2) is 8.71. The molecule has 2 heterocycles. The van der Waals surface area contributed by atoms with Crippen molar-refractivity contribution < 1.29 is 23.9 Å². The van der Waals surface area contributed by atoms with Crippen molar-refractivity contribution in [1.29, 1.82) is 0 Å². The van der Waals surface area contributed by atoms with Gasteiger partial charge in [-0.05, 0) is 25.7 Å². The van der Waals surface area contributed by atoms with Gasteiger partial charge in [0.05, 0.1) is 5.92 Å². The van der Waals surface area contributed by atoms with E-state index in [1.165, 1.54) is 0 Å². The van der Waals surface area contributed by atoms with Crippen molar-refractivity contribution >= 4 is 23.7 Å². The molecule has 2 aliphatic heterocycles. The topological polar surface area (TPSA) is 110 Å². The first-order chi connectivity index (χ1) is 12.6. The van der Waals surface area contributed by atoms with Gasteiger partial charge in [-0.15, -0.1) is 0 Å². The minimum atomic E-state index is -0.429. The summed E-state index contributed by atoms with van der Waals surface area (Å²) in [7, 11) is 0. The van der Waals surface area contributed by atoms with E-state index in [0.29, 0.717) is 51.9 Å². The highest BCUT2D eigenvalue weighted by Crippen LogP contribution is 2.24. The van der Waals surface area contributed by atoms with Gasteiger partial charge in [0.25, 0.3) is 5.91 Å². The number of esters is 1. The molecule has 27 heavy (non-hydrogen) atoms. The molecule has 0 aliphatic carbocycles. The maximum Gasteiger partial charge on any atom is 0.309 e. The van der Waals surface area contributed by atoms with Crippen LogP contribution in [0.25, 0.3) is 0 Å². The lowest BCUT2D eigenvalue weighted by molar-refractivity contribution is -0.158. The molecule has 0 radical (unpaired) electrons. The third-order valence-corrected chi connectivity index (χ3v) is 5.35. The molecule has 3 amide bonds. The number of piperidine rings is 2. The van der Waals surface area contributed by atoms with E-state index >= 15 is 0 Å². The molecule has 0 saturated carbocycles. The van der Waals surface area contributed by atoms with Crippen molar-refractivity contribution in [3.63, 3.8) is 0 Å². The Kier molecular flexibility index (Phi) is 6.84. The van der Waals surface area contributed by atoms with Gasteiger partial charge >= 0.3 is 5.97 Å². The van der Waals surface area contributed by atoms with E-state index in [0.717, 1.165) is 0 Å². The van der Waals surface area contributed by atoms with E-state index in [1.807, 2.05) is 20.8 Å². The number of nitrogens with two attached hydrogens (primary N) is 1. The Bertz CT molecular complexity index is 583. The van der Waals surface area contributed by atoms with Crippen molar-refractivity contribution in [2.75, 3.05) is 32.8 Å². The Morgan fingerprint density at radius 3 is 1.85 bits per heavy atom. The first kappa shape index (κ1) is 21.2. The molecule has 0 spiro atoms. The van der Waals surface area contributed by atoms with Gasteiger partial charge in [-0.3, -0.25) is 19.2 Å². The van der Waals surface area contributed by atoms with Crippen LogP contribution in [0.1, 0.15) is 46.5 Å². The highest BCUT2D eigenvalue weighted by Gasteiger charge is 2.33. The average Bonchev–Trinajstić information content (AvgIpc) is 2.64. The Labute approximate surface area is 160 Å². The first-order valence-electron chi connectivity index (χ1n) is 9.62. The highest BCUT2D eigenvalue weighted by molar-refractivity contribution is 5.83. The summed E-state index contributed by atoms with van der Waals surface area (Å²) in [6.07, 6.45) is 2.21. The smallest absolute Gasteiger partial charge is 0.309 e. The molecule has 0 aromatic heterocycles. The molecule has 2 N–H and O–H groups in total. The molecular formula is C19H31N3O5. The van der Waals surface area contributed by atoms with Crippen LogP contribution in [0.15, 0.2) is 0 Å². The van der Waals surface area contributed by atoms with Gasteiger partial charge < -0.3 is 20.3 Å². The number of rotatable bonds is 4. The number of hydrogen-bond donors (Lipinski definition) is 1. The van der Waals surface area contributed by atoms with Crippen molar-refractivity contribution in [2.24, 2.45) is 23.0 Å². The molecular weight excluding hydrogens is 350 g/mol. The normalized spacial score (nSPS) is 19.7. The second-order valence-electron chi connectivity index (χ2n) is 8.48. The van der Waals surface area contributed by atoms with Crippen LogP contribution in [0.2, 0.25) is 0 Å². The summed E-state index contributed by atoms with van der Waals surface area (Å²) in [6, 6.07) is 0. The van der Waals surface area contributed by atoms with Crippen molar-refractivity contribution in [3.8, 4) is 0 Å². The molecule has 0 aromatic carbocycles. The zero-order valence-electron chi connectivity index (χ0n) is 16.5. The monoisotopic (exact) mass is 381 g/mol. The van der Waals surface area contributed by atoms with E-state index in [2.05, 4.69) is 0 Å². The minimum Gasteiger partial charge on any atom is -0.455 e. The van der Waals surface area contributed by atoms with E-state index in [4.69, 9.17) is 10.5 Å². The molecule has 2 saturated heterocycles. The van der Waals surface area contributed by atoms with Crippen LogP contribution in [0.5, 0.6) is 0 Å². The first-order valence-corrected chi connectivity index (χ1v) is 9.62. The second-order valence-corrected chi connectivity index (χ2v) is 8.48. The third kappa shape index (κ3) is 5.68. The van der Waals surface area contributed by atoms with Crippen LogP contribution in [-0.2, 0) is 23.9 Å². The summed E-state index contributed by atoms with van der Waals surface area (Å²) in [5, 5.41) is 0. The predicted molar refractivity (Wildman–Crippen MR) is 98.2 cm³/mol. The van der Waals surface area contributed by atoms with Gasteiger partial charge in [-0.25, -0.2) is 0 Å². The SMILES string of the molecule is CC(C)(C)C(=O)N1CCC(C(=O)OCC(=O)N2CCC(C(N)=O)CC2)CC1. The van der Waals surface area contributed by atoms with Gasteiger partial charge in [0, 0.05) is 37.5 Å². The van der Waals surface area contributed by atoms with Gasteiger partial charge in [0.15, 0.2) is 6.61 Å². The van der Waals surface area contributed by atoms with Crippen LogP contribution < -0.4 is 5.73 Å². The lowest BCUT2D eigenvalue weighted by atomic mass is 9.91. The number of ether oxygens (including phenoxy) is 1. The fraction of sp³-hybridized carbons (Fsp3) is 0.789. The number of primary amides is 1. The van der Waals surface area contributed by atoms with Gasteiger partial charge in [0.1, 0.15) is 0 Å². The summed E-state index contributed by atoms with van der Waals surface area (Å²) in [5.41, 5.74) is 4.86. The summed E-state index contributed by atoms with van der Waals surface area (Å²) in [4.78, 5) is 51.3. The number of hydrogen-bond acceptors (Lipinski definition) is 5. The Morgan fingerprint density at radius 2 is 1.37 bits per heavy atom. The number of likely N-dealkylation sites (tertiary alicyclic amines) is 2. The summed E-state index contributed by atoms with van der Waals surface area (Å²) < 4.78 is 5.21. The predicted octanol–water partition coefficient (Wildman–Crippen LogP) is 0.538. The van der Waals surface area contributed by atoms with Crippen LogP contribution in [0.3, 0.4) is 0 Å². The van der Waals surface area contributed by atoms with Crippen molar-refractivity contribution in [3.05, 3.63) is 0 Å². The maximum atomic E-state index is 12.3. The minimum absolute atomic E-state index is 0.0869. The van der Waals surface area contributed by atoms with Crippen molar-refractivity contribution in [1.82, 2.24) is 9.80 Å². The lowest BCUT2D eigenvalue weighted by Gasteiger charge is -2.35. The molecule has 8 heteroatoms. The van der Waals surface area contributed by atoms with E-state index < -0.39 is 5.41 Å². The summed E-state index contributed by atoms with van der Waals surface area (Å²) in [6.45, 7) is 7.35.